The molecule has 3 aromatic rings. The molecule has 5 nitrogen and oxygen atoms in total. The Bertz CT molecular complexity index is 1080. The number of halogens is 2. The lowest BCUT2D eigenvalue weighted by Gasteiger charge is -2.23. The van der Waals surface area contributed by atoms with Crippen LogP contribution in [0.4, 0.5) is 10.1 Å². The molecule has 0 amide bonds. The van der Waals surface area contributed by atoms with Gasteiger partial charge in [0.15, 0.2) is 0 Å². The molecule has 3 rings (SSSR count). The molecule has 134 valence electrons. The van der Waals surface area contributed by atoms with Crippen molar-refractivity contribution in [3.63, 3.8) is 0 Å². The Morgan fingerprint density at radius 2 is 2.04 bits per heavy atom. The molecule has 7 heteroatoms. The first-order valence-electron chi connectivity index (χ1n) is 8.34. The lowest BCUT2D eigenvalue weighted by molar-refractivity contribution is -0.138. The Morgan fingerprint density at radius 1 is 1.27 bits per heavy atom. The fourth-order valence-corrected chi connectivity index (χ4v) is 2.89. The molecule has 0 aliphatic carbocycles. The van der Waals surface area contributed by atoms with Gasteiger partial charge in [-0.1, -0.05) is 11.6 Å². The number of nitrogens with zero attached hydrogens (tertiary/aromatic N) is 1. The van der Waals surface area contributed by atoms with Gasteiger partial charge in [-0.2, -0.15) is 0 Å². The Labute approximate surface area is 154 Å². The van der Waals surface area contributed by atoms with Gasteiger partial charge in [0.1, 0.15) is 17.4 Å². The normalized spacial score (nSPS) is 12.7. The molecule has 2 aromatic carbocycles. The second-order valence-corrected chi connectivity index (χ2v) is 6.17. The highest BCUT2D eigenvalue weighted by Crippen LogP contribution is 2.34. The Kier molecular flexibility index (Phi) is 4.34. The molecular formula is C19H15ClFNO4. The van der Waals surface area contributed by atoms with Crippen molar-refractivity contribution in [1.29, 1.82) is 0 Å². The van der Waals surface area contributed by atoms with E-state index in [1.54, 1.807) is 12.1 Å². The highest BCUT2D eigenvalue weighted by atomic mass is 35.5. The number of likely N-dealkylation sites (N-methyl/N-ethyl adjacent to an activating group) is 1. The number of carboxylic acids is 1. The summed E-state index contributed by atoms with van der Waals surface area (Å²) in [6.45, 7) is 1.46. The van der Waals surface area contributed by atoms with E-state index in [2.05, 4.69) is 0 Å². The zero-order chi connectivity index (χ0) is 19.7. The predicted octanol–water partition coefficient (Wildman–Crippen LogP) is 4.16. The van der Waals surface area contributed by atoms with E-state index >= 15 is 0 Å². The fraction of sp³-hybridized carbons (Fsp3) is 0.158. The second-order valence-electron chi connectivity index (χ2n) is 5.77. The van der Waals surface area contributed by atoms with Crippen molar-refractivity contribution in [3.8, 4) is 11.1 Å². The molecule has 0 saturated heterocycles. The SMILES string of the molecule is [2H]CN(c1ccc2c(-c3ccc(F)cc3Cl)cc(=O)oc2c1)[C@@H](C)C(=O)O. The first-order chi connectivity index (χ1) is 12.8. The van der Waals surface area contributed by atoms with E-state index in [0.29, 0.717) is 22.2 Å². The van der Waals surface area contributed by atoms with Crippen LogP contribution in [-0.2, 0) is 4.79 Å². The first-order valence-corrected chi connectivity index (χ1v) is 8.01. The van der Waals surface area contributed by atoms with Gasteiger partial charge in [-0.25, -0.2) is 14.0 Å². The van der Waals surface area contributed by atoms with Crippen molar-refractivity contribution < 1.29 is 20.1 Å². The molecular weight excluding hydrogens is 361 g/mol. The molecule has 0 aliphatic rings. The summed E-state index contributed by atoms with van der Waals surface area (Å²) in [4.78, 5) is 24.6. The number of carboxylic acid groups (broad SMARTS) is 1. The average Bonchev–Trinajstić information content (AvgIpc) is 2.61. The number of anilines is 1. The number of hydrogen-bond donors (Lipinski definition) is 1. The summed E-state index contributed by atoms with van der Waals surface area (Å²) in [5.74, 6) is -1.57. The second kappa shape index (κ2) is 6.80. The minimum atomic E-state index is -1.07. The maximum Gasteiger partial charge on any atom is 0.336 e. The summed E-state index contributed by atoms with van der Waals surface area (Å²) in [6.07, 6.45) is 0. The van der Waals surface area contributed by atoms with Gasteiger partial charge >= 0.3 is 11.6 Å². The molecule has 0 spiro atoms. The predicted molar refractivity (Wildman–Crippen MR) is 98.4 cm³/mol. The molecule has 1 aromatic heterocycles. The van der Waals surface area contributed by atoms with Gasteiger partial charge in [-0.15, -0.1) is 0 Å². The van der Waals surface area contributed by atoms with Crippen LogP contribution in [0.1, 0.15) is 8.29 Å². The Morgan fingerprint density at radius 3 is 2.69 bits per heavy atom. The topological polar surface area (TPSA) is 70.8 Å². The zero-order valence-corrected chi connectivity index (χ0v) is 14.5. The first kappa shape index (κ1) is 16.6. The van der Waals surface area contributed by atoms with Gasteiger partial charge in [-0.05, 0) is 37.3 Å². The quantitative estimate of drug-likeness (QED) is 0.692. The summed E-state index contributed by atoms with van der Waals surface area (Å²) in [5.41, 5.74) is 0.963. The molecule has 0 radical (unpaired) electrons. The van der Waals surface area contributed by atoms with Crippen LogP contribution in [0.25, 0.3) is 22.1 Å². The van der Waals surface area contributed by atoms with Crippen LogP contribution < -0.4 is 10.5 Å². The Hall–Kier alpha value is -2.86. The fourth-order valence-electron chi connectivity index (χ4n) is 2.62. The molecule has 1 N–H and O–H groups in total. The van der Waals surface area contributed by atoms with E-state index in [9.17, 15) is 19.1 Å². The standard InChI is InChI=1S/C19H15ClFNO4/c1-10(19(24)25)22(2)12-4-6-14-15(9-18(23)26-17(14)8-12)13-5-3-11(21)7-16(13)20/h3-10H,1-2H3,(H,24,25)/t10-/m0/s1/i2D. The van der Waals surface area contributed by atoms with Crippen LogP contribution in [0.3, 0.4) is 0 Å². The Balaban J connectivity index is 2.19. The van der Waals surface area contributed by atoms with E-state index < -0.39 is 23.5 Å². The average molecular weight is 377 g/mol. The summed E-state index contributed by atoms with van der Waals surface area (Å²) >= 11 is 6.13. The molecule has 0 fully saturated rings. The summed E-state index contributed by atoms with van der Waals surface area (Å²) in [5, 5.41) is 9.91. The highest BCUT2D eigenvalue weighted by Gasteiger charge is 2.19. The molecule has 0 unspecified atom stereocenters. The summed E-state index contributed by atoms with van der Waals surface area (Å²) in [6, 6.07) is 9.00. The van der Waals surface area contributed by atoms with Gasteiger partial charge in [0.05, 0.1) is 5.02 Å². The van der Waals surface area contributed by atoms with Crippen LogP contribution >= 0.6 is 11.6 Å². The van der Waals surface area contributed by atoms with Gasteiger partial charge in [-0.3, -0.25) is 0 Å². The number of aliphatic carboxylic acids is 1. The van der Waals surface area contributed by atoms with Crippen LogP contribution in [0.15, 0.2) is 51.7 Å². The van der Waals surface area contributed by atoms with E-state index in [4.69, 9.17) is 17.4 Å². The molecule has 0 aliphatic heterocycles. The molecule has 0 bridgehead atoms. The maximum atomic E-state index is 13.3. The largest absolute Gasteiger partial charge is 0.480 e. The number of rotatable bonds is 4. The molecule has 0 saturated carbocycles. The third-order valence-electron chi connectivity index (χ3n) is 4.11. The molecule has 26 heavy (non-hydrogen) atoms. The van der Waals surface area contributed by atoms with Gasteiger partial charge in [0.2, 0.25) is 0 Å². The summed E-state index contributed by atoms with van der Waals surface area (Å²) < 4.78 is 26.2. The number of benzene rings is 2. The van der Waals surface area contributed by atoms with Crippen molar-refractivity contribution in [3.05, 3.63) is 63.7 Å². The third-order valence-corrected chi connectivity index (χ3v) is 4.42. The molecule has 1 atom stereocenters. The zero-order valence-electron chi connectivity index (χ0n) is 14.7. The molecule has 1 heterocycles. The van der Waals surface area contributed by atoms with Crippen LogP contribution in [-0.4, -0.2) is 24.1 Å². The maximum absolute atomic E-state index is 13.3. The van der Waals surface area contributed by atoms with E-state index in [0.717, 1.165) is 6.07 Å². The van der Waals surface area contributed by atoms with Crippen molar-refractivity contribution in [2.45, 2.75) is 13.0 Å². The van der Waals surface area contributed by atoms with Crippen LogP contribution in [0.2, 0.25) is 5.02 Å². The van der Waals surface area contributed by atoms with E-state index in [-0.39, 0.29) is 17.6 Å². The smallest absolute Gasteiger partial charge is 0.336 e. The number of hydrogen-bond acceptors (Lipinski definition) is 4. The summed E-state index contributed by atoms with van der Waals surface area (Å²) in [7, 11) is -0.285. The van der Waals surface area contributed by atoms with Crippen molar-refractivity contribution in [2.75, 3.05) is 11.9 Å². The minimum Gasteiger partial charge on any atom is -0.480 e. The minimum absolute atomic E-state index is 0.151. The van der Waals surface area contributed by atoms with Crippen molar-refractivity contribution in [1.82, 2.24) is 0 Å². The third kappa shape index (κ3) is 3.28. The highest BCUT2D eigenvalue weighted by molar-refractivity contribution is 6.33. The van der Waals surface area contributed by atoms with Gasteiger partial charge < -0.3 is 14.4 Å². The monoisotopic (exact) mass is 376 g/mol. The lowest BCUT2D eigenvalue weighted by atomic mass is 10.0. The lowest BCUT2D eigenvalue weighted by Crippen LogP contribution is -2.35. The van der Waals surface area contributed by atoms with Gasteiger partial charge in [0, 0.05) is 42.7 Å². The van der Waals surface area contributed by atoms with Crippen molar-refractivity contribution >= 4 is 34.2 Å². The van der Waals surface area contributed by atoms with Crippen LogP contribution in [0.5, 0.6) is 0 Å². The van der Waals surface area contributed by atoms with E-state index in [1.807, 2.05) is 0 Å². The number of carbonyl (C=O) groups is 1. The van der Waals surface area contributed by atoms with Crippen LogP contribution in [0, 0.1) is 5.82 Å². The van der Waals surface area contributed by atoms with E-state index in [1.165, 1.54) is 36.1 Å². The number of fused-ring (bicyclic) bond motifs is 1. The van der Waals surface area contributed by atoms with Crippen molar-refractivity contribution in [2.24, 2.45) is 0 Å². The van der Waals surface area contributed by atoms with Gasteiger partial charge in [0.25, 0.3) is 0 Å².